The van der Waals surface area contributed by atoms with E-state index in [9.17, 15) is 4.79 Å². The lowest BCUT2D eigenvalue weighted by molar-refractivity contribution is 0.0531. The highest BCUT2D eigenvalue weighted by Gasteiger charge is 2.16. The second-order valence-corrected chi connectivity index (χ2v) is 5.13. The number of hydrogen-bond acceptors (Lipinski definition) is 2. The Hall–Kier alpha value is -2.01. The zero-order valence-corrected chi connectivity index (χ0v) is 11.6. The average molecular weight is 273 g/mol. The molecule has 0 spiro atoms. The Morgan fingerprint density at radius 3 is 2.95 bits per heavy atom. The minimum absolute atomic E-state index is 0.0151. The van der Waals surface area contributed by atoms with Crippen LogP contribution in [0.15, 0.2) is 24.3 Å². The third-order valence-electron chi connectivity index (χ3n) is 3.56. The van der Waals surface area contributed by atoms with Gasteiger partial charge in [-0.2, -0.15) is 0 Å². The Morgan fingerprint density at radius 2 is 2.15 bits per heavy atom. The summed E-state index contributed by atoms with van der Waals surface area (Å²) in [6.07, 6.45) is 0. The predicted molar refractivity (Wildman–Crippen MR) is 77.7 cm³/mol. The van der Waals surface area contributed by atoms with Crippen LogP contribution in [0.4, 0.5) is 4.79 Å². The summed E-state index contributed by atoms with van der Waals surface area (Å²) in [5, 5.41) is 4.14. The summed E-state index contributed by atoms with van der Waals surface area (Å²) in [5.41, 5.74) is 3.39. The quantitative estimate of drug-likeness (QED) is 0.879. The van der Waals surface area contributed by atoms with Crippen molar-refractivity contribution >= 4 is 16.9 Å². The molecule has 3 rings (SSSR count). The first-order valence-electron chi connectivity index (χ1n) is 6.91. The smallest absolute Gasteiger partial charge is 0.317 e. The summed E-state index contributed by atoms with van der Waals surface area (Å²) in [6, 6.07) is 8.30. The van der Waals surface area contributed by atoms with Crippen molar-refractivity contribution in [3.63, 3.8) is 0 Å². The molecule has 2 heterocycles. The molecule has 0 atom stereocenters. The maximum atomic E-state index is 12.0. The summed E-state index contributed by atoms with van der Waals surface area (Å²) in [5.74, 6) is 0. The van der Waals surface area contributed by atoms with Crippen molar-refractivity contribution < 1.29 is 9.53 Å². The van der Waals surface area contributed by atoms with E-state index < -0.39 is 0 Å². The van der Waals surface area contributed by atoms with Crippen LogP contribution in [0, 0.1) is 6.92 Å². The minimum atomic E-state index is -0.0151. The number of aromatic nitrogens is 1. The van der Waals surface area contributed by atoms with Gasteiger partial charge in [0.15, 0.2) is 0 Å². The van der Waals surface area contributed by atoms with Crippen molar-refractivity contribution in [2.45, 2.75) is 13.5 Å². The van der Waals surface area contributed by atoms with Crippen LogP contribution in [0.25, 0.3) is 10.9 Å². The molecule has 1 aliphatic rings. The predicted octanol–water partition coefficient (Wildman–Crippen LogP) is 2.02. The van der Waals surface area contributed by atoms with E-state index in [1.807, 2.05) is 13.0 Å². The molecule has 2 amide bonds. The van der Waals surface area contributed by atoms with Gasteiger partial charge in [-0.15, -0.1) is 0 Å². The standard InChI is InChI=1S/C15H19N3O2/c1-11-8-13-9-12(2-3-14(13)17-11)10-16-15(19)18-4-6-20-7-5-18/h2-3,8-9,17H,4-7,10H2,1H3,(H,16,19). The number of H-pyrrole nitrogens is 1. The van der Waals surface area contributed by atoms with Gasteiger partial charge in [-0.05, 0) is 36.1 Å². The van der Waals surface area contributed by atoms with Gasteiger partial charge in [0.05, 0.1) is 13.2 Å². The molecule has 106 valence electrons. The number of ether oxygens (including phenoxy) is 1. The molecule has 0 bridgehead atoms. The maximum Gasteiger partial charge on any atom is 0.317 e. The van der Waals surface area contributed by atoms with Crippen molar-refractivity contribution in [3.05, 3.63) is 35.5 Å². The molecule has 1 saturated heterocycles. The highest BCUT2D eigenvalue weighted by molar-refractivity contribution is 5.81. The lowest BCUT2D eigenvalue weighted by atomic mass is 10.1. The van der Waals surface area contributed by atoms with Crippen molar-refractivity contribution in [1.29, 1.82) is 0 Å². The van der Waals surface area contributed by atoms with Crippen LogP contribution in [0.3, 0.4) is 0 Å². The van der Waals surface area contributed by atoms with E-state index >= 15 is 0 Å². The molecule has 0 saturated carbocycles. The normalized spacial score (nSPS) is 15.6. The fraction of sp³-hybridized carbons (Fsp3) is 0.400. The zero-order chi connectivity index (χ0) is 13.9. The van der Waals surface area contributed by atoms with E-state index in [1.165, 1.54) is 5.39 Å². The molecule has 0 aliphatic carbocycles. The van der Waals surface area contributed by atoms with Crippen molar-refractivity contribution in [2.24, 2.45) is 0 Å². The van der Waals surface area contributed by atoms with Gasteiger partial charge in [-0.1, -0.05) is 6.07 Å². The fourth-order valence-corrected chi connectivity index (χ4v) is 2.49. The number of aromatic amines is 1. The number of carbonyl (C=O) groups excluding carboxylic acids is 1. The Labute approximate surface area is 117 Å². The van der Waals surface area contributed by atoms with Crippen LogP contribution in [0.5, 0.6) is 0 Å². The van der Waals surface area contributed by atoms with Gasteiger partial charge in [-0.3, -0.25) is 0 Å². The highest BCUT2D eigenvalue weighted by Crippen LogP contribution is 2.16. The summed E-state index contributed by atoms with van der Waals surface area (Å²) >= 11 is 0. The number of carbonyl (C=O) groups is 1. The number of nitrogens with zero attached hydrogens (tertiary/aromatic N) is 1. The summed E-state index contributed by atoms with van der Waals surface area (Å²) in [7, 11) is 0. The molecule has 0 radical (unpaired) electrons. The Balaban J connectivity index is 1.62. The molecule has 2 N–H and O–H groups in total. The summed E-state index contributed by atoms with van der Waals surface area (Å²) in [6.45, 7) is 5.18. The number of fused-ring (bicyclic) bond motifs is 1. The van der Waals surface area contributed by atoms with Gasteiger partial charge in [0.25, 0.3) is 0 Å². The molecular weight excluding hydrogens is 254 g/mol. The number of nitrogens with one attached hydrogen (secondary N) is 2. The highest BCUT2D eigenvalue weighted by atomic mass is 16.5. The topological polar surface area (TPSA) is 57.4 Å². The molecule has 2 aromatic rings. The van der Waals surface area contributed by atoms with Gasteiger partial charge in [-0.25, -0.2) is 4.79 Å². The molecule has 1 aromatic heterocycles. The third kappa shape index (κ3) is 2.77. The molecule has 1 fully saturated rings. The summed E-state index contributed by atoms with van der Waals surface area (Å²) < 4.78 is 5.24. The van der Waals surface area contributed by atoms with Crippen molar-refractivity contribution in [1.82, 2.24) is 15.2 Å². The van der Waals surface area contributed by atoms with Gasteiger partial charge in [0.1, 0.15) is 0 Å². The number of morpholine rings is 1. The number of rotatable bonds is 2. The van der Waals surface area contributed by atoms with Gasteiger partial charge in [0, 0.05) is 30.8 Å². The largest absolute Gasteiger partial charge is 0.378 e. The molecular formula is C15H19N3O2. The van der Waals surface area contributed by atoms with Crippen molar-refractivity contribution in [2.75, 3.05) is 26.3 Å². The molecule has 1 aliphatic heterocycles. The Kier molecular flexibility index (Phi) is 3.60. The van der Waals surface area contributed by atoms with Crippen LogP contribution in [0.1, 0.15) is 11.3 Å². The van der Waals surface area contributed by atoms with E-state index in [2.05, 4.69) is 28.5 Å². The Morgan fingerprint density at radius 1 is 1.35 bits per heavy atom. The minimum Gasteiger partial charge on any atom is -0.378 e. The van der Waals surface area contributed by atoms with E-state index in [0.717, 1.165) is 16.8 Å². The van der Waals surface area contributed by atoms with E-state index in [-0.39, 0.29) is 6.03 Å². The Bertz CT molecular complexity index is 615. The summed E-state index contributed by atoms with van der Waals surface area (Å²) in [4.78, 5) is 17.1. The molecule has 1 aromatic carbocycles. The van der Waals surface area contributed by atoms with E-state index in [0.29, 0.717) is 32.8 Å². The lowest BCUT2D eigenvalue weighted by Gasteiger charge is -2.26. The number of aryl methyl sites for hydroxylation is 1. The molecule has 20 heavy (non-hydrogen) atoms. The van der Waals surface area contributed by atoms with Crippen LogP contribution in [0.2, 0.25) is 0 Å². The first-order valence-corrected chi connectivity index (χ1v) is 6.91. The van der Waals surface area contributed by atoms with Gasteiger partial charge in [0.2, 0.25) is 0 Å². The first kappa shape index (κ1) is 13.0. The second kappa shape index (κ2) is 5.54. The SMILES string of the molecule is Cc1cc2cc(CNC(=O)N3CCOCC3)ccc2[nH]1. The molecule has 5 nitrogen and oxygen atoms in total. The van der Waals surface area contributed by atoms with Gasteiger partial charge < -0.3 is 19.9 Å². The molecule has 5 heteroatoms. The second-order valence-electron chi connectivity index (χ2n) is 5.13. The first-order chi connectivity index (χ1) is 9.72. The van der Waals surface area contributed by atoms with Crippen LogP contribution < -0.4 is 5.32 Å². The van der Waals surface area contributed by atoms with Crippen molar-refractivity contribution in [3.8, 4) is 0 Å². The maximum absolute atomic E-state index is 12.0. The van der Waals surface area contributed by atoms with Crippen LogP contribution in [-0.2, 0) is 11.3 Å². The number of urea groups is 1. The van der Waals surface area contributed by atoms with E-state index in [1.54, 1.807) is 4.90 Å². The molecule has 0 unspecified atom stereocenters. The zero-order valence-electron chi connectivity index (χ0n) is 11.6. The third-order valence-corrected chi connectivity index (χ3v) is 3.56. The lowest BCUT2D eigenvalue weighted by Crippen LogP contribution is -2.45. The van der Waals surface area contributed by atoms with Crippen LogP contribution >= 0.6 is 0 Å². The average Bonchev–Trinajstić information content (AvgIpc) is 2.85. The fourth-order valence-electron chi connectivity index (χ4n) is 2.49. The van der Waals surface area contributed by atoms with Crippen LogP contribution in [-0.4, -0.2) is 42.2 Å². The number of amides is 2. The number of benzene rings is 1. The van der Waals surface area contributed by atoms with E-state index in [4.69, 9.17) is 4.74 Å². The van der Waals surface area contributed by atoms with Gasteiger partial charge >= 0.3 is 6.03 Å². The number of hydrogen-bond donors (Lipinski definition) is 2. The monoisotopic (exact) mass is 273 g/mol.